The monoisotopic (exact) mass is 188 g/mol. The van der Waals surface area contributed by atoms with Gasteiger partial charge in [-0.15, -0.1) is 0 Å². The van der Waals surface area contributed by atoms with Gasteiger partial charge in [-0.2, -0.15) is 0 Å². The molecule has 2 aliphatic carbocycles. The maximum absolute atomic E-state index is 12.7. The van der Waals surface area contributed by atoms with Crippen molar-refractivity contribution < 1.29 is 13.6 Å². The summed E-state index contributed by atoms with van der Waals surface area (Å²) < 4.78 is 25.5. The van der Waals surface area contributed by atoms with Gasteiger partial charge in [0.15, 0.2) is 0 Å². The fourth-order valence-electron chi connectivity index (χ4n) is 2.03. The quantitative estimate of drug-likeness (QED) is 0.651. The summed E-state index contributed by atoms with van der Waals surface area (Å²) >= 11 is 0. The molecule has 0 bridgehead atoms. The van der Waals surface area contributed by atoms with Crippen molar-refractivity contribution in [2.75, 3.05) is 0 Å². The van der Waals surface area contributed by atoms with Crippen LogP contribution in [0, 0.1) is 11.8 Å². The number of hydrogen-bond acceptors (Lipinski definition) is 1. The van der Waals surface area contributed by atoms with Crippen LogP contribution in [0.2, 0.25) is 0 Å². The van der Waals surface area contributed by atoms with E-state index in [1.807, 2.05) is 0 Å². The first-order valence-corrected chi connectivity index (χ1v) is 5.00. The molecular formula is C10H14F2O. The summed E-state index contributed by atoms with van der Waals surface area (Å²) in [5.74, 6) is -2.06. The van der Waals surface area contributed by atoms with Gasteiger partial charge >= 0.3 is 0 Å². The number of Topliss-reactive ketones (excluding diaryl/α,β-unsaturated/α-hetero) is 1. The molecule has 0 aromatic carbocycles. The van der Waals surface area contributed by atoms with Crippen molar-refractivity contribution in [3.63, 3.8) is 0 Å². The van der Waals surface area contributed by atoms with Gasteiger partial charge in [0.05, 0.1) is 0 Å². The highest BCUT2D eigenvalue weighted by molar-refractivity contribution is 5.85. The Kier molecular flexibility index (Phi) is 2.12. The molecule has 2 rings (SSSR count). The van der Waals surface area contributed by atoms with Gasteiger partial charge in [0.25, 0.3) is 0 Å². The number of halogens is 2. The van der Waals surface area contributed by atoms with Crippen LogP contribution in [0.4, 0.5) is 8.78 Å². The molecule has 2 saturated carbocycles. The van der Waals surface area contributed by atoms with E-state index in [-0.39, 0.29) is 30.5 Å². The van der Waals surface area contributed by atoms with Crippen molar-refractivity contribution in [3.8, 4) is 0 Å². The van der Waals surface area contributed by atoms with Crippen molar-refractivity contribution in [1.82, 2.24) is 0 Å². The third kappa shape index (κ3) is 2.06. The second kappa shape index (κ2) is 3.03. The van der Waals surface area contributed by atoms with Crippen LogP contribution in [0.3, 0.4) is 0 Å². The third-order valence-electron chi connectivity index (χ3n) is 3.10. The molecule has 0 saturated heterocycles. The summed E-state index contributed by atoms with van der Waals surface area (Å²) in [5.41, 5.74) is 0. The summed E-state index contributed by atoms with van der Waals surface area (Å²) in [6, 6.07) is 0. The van der Waals surface area contributed by atoms with Gasteiger partial charge in [-0.05, 0) is 25.7 Å². The van der Waals surface area contributed by atoms with E-state index in [1.165, 1.54) is 0 Å². The number of rotatable bonds is 2. The summed E-state index contributed by atoms with van der Waals surface area (Å²) in [6.45, 7) is 0. The zero-order valence-corrected chi connectivity index (χ0v) is 7.56. The van der Waals surface area contributed by atoms with E-state index in [1.54, 1.807) is 0 Å². The standard InChI is InChI=1S/C10H14F2O/c11-10(12)5-3-8(4-6-10)9(13)7-1-2-7/h7-8H,1-6H2. The molecule has 0 aromatic rings. The van der Waals surface area contributed by atoms with Crippen LogP contribution in [-0.4, -0.2) is 11.7 Å². The maximum Gasteiger partial charge on any atom is 0.248 e. The molecule has 0 heterocycles. The van der Waals surface area contributed by atoms with Crippen LogP contribution in [0.1, 0.15) is 38.5 Å². The lowest BCUT2D eigenvalue weighted by atomic mass is 9.83. The van der Waals surface area contributed by atoms with Gasteiger partial charge in [0.2, 0.25) is 5.92 Å². The van der Waals surface area contributed by atoms with Gasteiger partial charge in [0.1, 0.15) is 5.78 Å². The lowest BCUT2D eigenvalue weighted by molar-refractivity contribution is -0.128. The number of carbonyl (C=O) groups excluding carboxylic acids is 1. The molecule has 3 heteroatoms. The molecule has 0 radical (unpaired) electrons. The van der Waals surface area contributed by atoms with Crippen molar-refractivity contribution in [3.05, 3.63) is 0 Å². The molecule has 0 amide bonds. The molecule has 0 spiro atoms. The molecule has 2 aliphatic rings. The Balaban J connectivity index is 1.86. The maximum atomic E-state index is 12.7. The SMILES string of the molecule is O=C(C1CC1)C1CCC(F)(F)CC1. The zero-order chi connectivity index (χ0) is 9.47. The van der Waals surface area contributed by atoms with Gasteiger partial charge in [-0.3, -0.25) is 4.79 Å². The summed E-state index contributed by atoms with van der Waals surface area (Å²) in [6.07, 6.45) is 2.62. The Hall–Kier alpha value is -0.470. The normalized spacial score (nSPS) is 28.8. The average Bonchev–Trinajstić information content (AvgIpc) is 2.85. The van der Waals surface area contributed by atoms with E-state index >= 15 is 0 Å². The Bertz CT molecular complexity index is 211. The number of ketones is 1. The van der Waals surface area contributed by atoms with Crippen LogP contribution in [0.15, 0.2) is 0 Å². The van der Waals surface area contributed by atoms with Crippen LogP contribution in [0.5, 0.6) is 0 Å². The second-order valence-corrected chi connectivity index (χ2v) is 4.31. The predicted molar refractivity (Wildman–Crippen MR) is 44.6 cm³/mol. The van der Waals surface area contributed by atoms with Crippen molar-refractivity contribution in [2.24, 2.45) is 11.8 Å². The molecule has 2 fully saturated rings. The first-order valence-electron chi connectivity index (χ1n) is 5.00. The second-order valence-electron chi connectivity index (χ2n) is 4.31. The molecule has 0 aliphatic heterocycles. The Morgan fingerprint density at radius 1 is 1.00 bits per heavy atom. The van der Waals surface area contributed by atoms with E-state index < -0.39 is 5.92 Å². The number of alkyl halides is 2. The van der Waals surface area contributed by atoms with Gasteiger partial charge in [-0.25, -0.2) is 8.78 Å². The van der Waals surface area contributed by atoms with Crippen molar-refractivity contribution in [2.45, 2.75) is 44.4 Å². The van der Waals surface area contributed by atoms with Crippen LogP contribution >= 0.6 is 0 Å². The zero-order valence-electron chi connectivity index (χ0n) is 7.56. The minimum atomic E-state index is -2.50. The van der Waals surface area contributed by atoms with Crippen LogP contribution in [-0.2, 0) is 4.79 Å². The van der Waals surface area contributed by atoms with E-state index in [0.717, 1.165) is 12.8 Å². The average molecular weight is 188 g/mol. The topological polar surface area (TPSA) is 17.1 Å². The predicted octanol–water partition coefficient (Wildman–Crippen LogP) is 2.79. The smallest absolute Gasteiger partial charge is 0.248 e. The number of hydrogen-bond donors (Lipinski definition) is 0. The summed E-state index contributed by atoms with van der Waals surface area (Å²) in [4.78, 5) is 11.5. The minimum absolute atomic E-state index is 0.0490. The lowest BCUT2D eigenvalue weighted by Crippen LogP contribution is -2.29. The van der Waals surface area contributed by atoms with E-state index in [2.05, 4.69) is 0 Å². The first kappa shape index (κ1) is 9.10. The highest BCUT2D eigenvalue weighted by atomic mass is 19.3. The fraction of sp³-hybridized carbons (Fsp3) is 0.900. The molecule has 0 unspecified atom stereocenters. The summed E-state index contributed by atoms with van der Waals surface area (Å²) in [5, 5.41) is 0. The molecular weight excluding hydrogens is 174 g/mol. The van der Waals surface area contributed by atoms with Gasteiger partial charge in [-0.1, -0.05) is 0 Å². The lowest BCUT2D eigenvalue weighted by Gasteiger charge is -2.27. The Morgan fingerprint density at radius 3 is 1.92 bits per heavy atom. The number of carbonyl (C=O) groups is 1. The fourth-order valence-corrected chi connectivity index (χ4v) is 2.03. The van der Waals surface area contributed by atoms with E-state index in [4.69, 9.17) is 0 Å². The minimum Gasteiger partial charge on any atom is -0.299 e. The molecule has 13 heavy (non-hydrogen) atoms. The van der Waals surface area contributed by atoms with Gasteiger partial charge in [0, 0.05) is 24.7 Å². The Labute approximate surface area is 76.5 Å². The highest BCUT2D eigenvalue weighted by Crippen LogP contribution is 2.41. The Morgan fingerprint density at radius 2 is 1.46 bits per heavy atom. The molecule has 0 aromatic heterocycles. The first-order chi connectivity index (χ1) is 6.08. The van der Waals surface area contributed by atoms with Crippen LogP contribution in [0.25, 0.3) is 0 Å². The highest BCUT2D eigenvalue weighted by Gasteiger charge is 2.41. The van der Waals surface area contributed by atoms with E-state index in [0.29, 0.717) is 12.8 Å². The van der Waals surface area contributed by atoms with Crippen molar-refractivity contribution >= 4 is 5.78 Å². The summed E-state index contributed by atoms with van der Waals surface area (Å²) in [7, 11) is 0. The van der Waals surface area contributed by atoms with Crippen LogP contribution < -0.4 is 0 Å². The molecule has 0 N–H and O–H groups in total. The van der Waals surface area contributed by atoms with Gasteiger partial charge < -0.3 is 0 Å². The molecule has 74 valence electrons. The largest absolute Gasteiger partial charge is 0.299 e. The third-order valence-corrected chi connectivity index (χ3v) is 3.10. The molecule has 1 nitrogen and oxygen atoms in total. The molecule has 0 atom stereocenters. The van der Waals surface area contributed by atoms with E-state index in [9.17, 15) is 13.6 Å². The van der Waals surface area contributed by atoms with Crippen molar-refractivity contribution in [1.29, 1.82) is 0 Å².